The first-order valence-electron chi connectivity index (χ1n) is 4.39. The maximum atomic E-state index is 11.0. The molecule has 0 bridgehead atoms. The maximum absolute atomic E-state index is 11.0. The smallest absolute Gasteiger partial charge is 0.289 e. The average Bonchev–Trinajstić information content (AvgIpc) is 2.26. The minimum atomic E-state index is -0.660. The van der Waals surface area contributed by atoms with Crippen LogP contribution in [0.4, 0.5) is 0 Å². The molecule has 80 valence electrons. The first kappa shape index (κ1) is 11.7. The van der Waals surface area contributed by atoms with Crippen LogP contribution in [0.3, 0.4) is 0 Å². The van der Waals surface area contributed by atoms with E-state index in [4.69, 9.17) is 17.3 Å². The molecule has 0 saturated carbocycles. The Bertz CT molecular complexity index is 362. The minimum absolute atomic E-state index is 0.271. The normalized spacial score (nSPS) is 9.73. The standard InChI is InChI=1S/C10H11ClN2O2/c11-8-3-1-7(2-4-8)6-13-10(15)9(14)5-12/h1-4H,5-6,12H2,(H,13,15). The zero-order valence-corrected chi connectivity index (χ0v) is 8.75. The fraction of sp³-hybridized carbons (Fsp3) is 0.200. The lowest BCUT2D eigenvalue weighted by atomic mass is 10.2. The van der Waals surface area contributed by atoms with Crippen molar-refractivity contribution in [1.29, 1.82) is 0 Å². The predicted octanol–water partition coefficient (Wildman–Crippen LogP) is 0.484. The highest BCUT2D eigenvalue weighted by Crippen LogP contribution is 2.08. The van der Waals surface area contributed by atoms with Crippen molar-refractivity contribution in [2.75, 3.05) is 6.54 Å². The fourth-order valence-electron chi connectivity index (χ4n) is 0.976. The molecule has 1 aromatic rings. The molecule has 4 nitrogen and oxygen atoms in total. The number of hydrogen-bond donors (Lipinski definition) is 2. The van der Waals surface area contributed by atoms with E-state index in [1.807, 2.05) is 0 Å². The molecule has 0 aliphatic carbocycles. The molecule has 0 spiro atoms. The molecule has 0 heterocycles. The van der Waals surface area contributed by atoms with E-state index in [9.17, 15) is 9.59 Å². The molecule has 15 heavy (non-hydrogen) atoms. The summed E-state index contributed by atoms with van der Waals surface area (Å²) in [5.41, 5.74) is 5.91. The van der Waals surface area contributed by atoms with Crippen molar-refractivity contribution >= 4 is 23.3 Å². The highest BCUT2D eigenvalue weighted by Gasteiger charge is 2.09. The molecule has 0 unspecified atom stereocenters. The van der Waals surface area contributed by atoms with E-state index in [2.05, 4.69) is 5.32 Å². The van der Waals surface area contributed by atoms with Gasteiger partial charge in [0.05, 0.1) is 6.54 Å². The number of hydrogen-bond acceptors (Lipinski definition) is 3. The van der Waals surface area contributed by atoms with Gasteiger partial charge in [-0.1, -0.05) is 23.7 Å². The number of nitrogens with one attached hydrogen (secondary N) is 1. The lowest BCUT2D eigenvalue weighted by Gasteiger charge is -2.03. The molecule has 0 saturated heterocycles. The molecule has 1 rings (SSSR count). The molecular formula is C10H11ClN2O2. The maximum Gasteiger partial charge on any atom is 0.289 e. The topological polar surface area (TPSA) is 72.2 Å². The third-order valence-electron chi connectivity index (χ3n) is 1.80. The summed E-state index contributed by atoms with van der Waals surface area (Å²) in [5, 5.41) is 3.09. The van der Waals surface area contributed by atoms with Crippen LogP contribution >= 0.6 is 11.6 Å². The van der Waals surface area contributed by atoms with Crippen molar-refractivity contribution in [3.8, 4) is 0 Å². The summed E-state index contributed by atoms with van der Waals surface area (Å²) in [7, 11) is 0. The van der Waals surface area contributed by atoms with Gasteiger partial charge in [-0.3, -0.25) is 9.59 Å². The van der Waals surface area contributed by atoms with Crippen molar-refractivity contribution in [2.24, 2.45) is 5.73 Å². The number of amides is 1. The molecular weight excluding hydrogens is 216 g/mol. The number of carbonyl (C=O) groups excluding carboxylic acids is 2. The van der Waals surface area contributed by atoms with Crippen LogP contribution < -0.4 is 11.1 Å². The third-order valence-corrected chi connectivity index (χ3v) is 2.06. The van der Waals surface area contributed by atoms with Gasteiger partial charge in [0.25, 0.3) is 5.91 Å². The highest BCUT2D eigenvalue weighted by molar-refractivity contribution is 6.36. The van der Waals surface area contributed by atoms with E-state index >= 15 is 0 Å². The number of nitrogens with two attached hydrogens (primary N) is 1. The Balaban J connectivity index is 2.47. The van der Waals surface area contributed by atoms with E-state index < -0.39 is 11.7 Å². The summed E-state index contributed by atoms with van der Waals surface area (Å²) < 4.78 is 0. The number of benzene rings is 1. The van der Waals surface area contributed by atoms with Gasteiger partial charge in [-0.15, -0.1) is 0 Å². The molecule has 5 heteroatoms. The van der Waals surface area contributed by atoms with Gasteiger partial charge >= 0.3 is 0 Å². The van der Waals surface area contributed by atoms with Crippen molar-refractivity contribution in [1.82, 2.24) is 5.32 Å². The van der Waals surface area contributed by atoms with Gasteiger partial charge in [-0.25, -0.2) is 0 Å². The van der Waals surface area contributed by atoms with Crippen LogP contribution in [0.5, 0.6) is 0 Å². The first-order chi connectivity index (χ1) is 7.13. The van der Waals surface area contributed by atoms with Gasteiger partial charge in [-0.2, -0.15) is 0 Å². The number of rotatable bonds is 4. The van der Waals surface area contributed by atoms with Crippen molar-refractivity contribution in [2.45, 2.75) is 6.54 Å². The van der Waals surface area contributed by atoms with Gasteiger partial charge in [0, 0.05) is 11.6 Å². The van der Waals surface area contributed by atoms with Gasteiger partial charge in [0.2, 0.25) is 5.78 Å². The summed E-state index contributed by atoms with van der Waals surface area (Å²) in [6, 6.07) is 6.98. The van der Waals surface area contributed by atoms with Crippen LogP contribution in [-0.4, -0.2) is 18.2 Å². The van der Waals surface area contributed by atoms with Crippen LogP contribution in [-0.2, 0) is 16.1 Å². The van der Waals surface area contributed by atoms with Crippen LogP contribution in [0.25, 0.3) is 0 Å². The second-order valence-corrected chi connectivity index (χ2v) is 3.37. The van der Waals surface area contributed by atoms with Crippen molar-refractivity contribution < 1.29 is 9.59 Å². The Labute approximate surface area is 92.4 Å². The van der Waals surface area contributed by atoms with Gasteiger partial charge < -0.3 is 11.1 Å². The quantitative estimate of drug-likeness (QED) is 0.734. The van der Waals surface area contributed by atoms with E-state index in [1.54, 1.807) is 24.3 Å². The monoisotopic (exact) mass is 226 g/mol. The molecule has 0 aromatic heterocycles. The SMILES string of the molecule is NCC(=O)C(=O)NCc1ccc(Cl)cc1. The summed E-state index contributed by atoms with van der Waals surface area (Å²) >= 11 is 5.69. The Morgan fingerprint density at radius 2 is 1.87 bits per heavy atom. The fourth-order valence-corrected chi connectivity index (χ4v) is 1.10. The van der Waals surface area contributed by atoms with E-state index in [0.29, 0.717) is 11.6 Å². The Morgan fingerprint density at radius 1 is 1.27 bits per heavy atom. The summed E-state index contributed by atoms with van der Waals surface area (Å²) in [4.78, 5) is 21.9. The Kier molecular flexibility index (Phi) is 4.27. The molecule has 1 amide bonds. The summed E-state index contributed by atoms with van der Waals surface area (Å²) in [5.74, 6) is -1.28. The number of carbonyl (C=O) groups is 2. The van der Waals surface area contributed by atoms with Gasteiger partial charge in [0.1, 0.15) is 0 Å². The third kappa shape index (κ3) is 3.69. The average molecular weight is 227 g/mol. The number of Topliss-reactive ketones (excluding diaryl/α,β-unsaturated/α-hetero) is 1. The second kappa shape index (κ2) is 5.48. The molecule has 0 aliphatic rings. The van der Waals surface area contributed by atoms with Crippen molar-refractivity contribution in [3.63, 3.8) is 0 Å². The molecule has 0 radical (unpaired) electrons. The molecule has 0 aliphatic heterocycles. The van der Waals surface area contributed by atoms with Gasteiger partial charge in [-0.05, 0) is 17.7 Å². The minimum Gasteiger partial charge on any atom is -0.345 e. The van der Waals surface area contributed by atoms with Gasteiger partial charge in [0.15, 0.2) is 0 Å². The molecule has 3 N–H and O–H groups in total. The van der Waals surface area contributed by atoms with Crippen LogP contribution in [0.2, 0.25) is 5.02 Å². The second-order valence-electron chi connectivity index (χ2n) is 2.94. The zero-order valence-electron chi connectivity index (χ0n) is 8.00. The lowest BCUT2D eigenvalue weighted by Crippen LogP contribution is -2.34. The molecule has 0 fully saturated rings. The lowest BCUT2D eigenvalue weighted by molar-refractivity contribution is -0.137. The number of halogens is 1. The first-order valence-corrected chi connectivity index (χ1v) is 4.77. The van der Waals surface area contributed by atoms with Crippen molar-refractivity contribution in [3.05, 3.63) is 34.9 Å². The summed E-state index contributed by atoms with van der Waals surface area (Å²) in [6.07, 6.45) is 0. The Morgan fingerprint density at radius 3 is 2.40 bits per heavy atom. The predicted molar refractivity (Wildman–Crippen MR) is 57.4 cm³/mol. The molecule has 1 aromatic carbocycles. The van der Waals surface area contributed by atoms with Crippen LogP contribution in [0, 0.1) is 0 Å². The molecule has 0 atom stereocenters. The van der Waals surface area contributed by atoms with Crippen LogP contribution in [0.1, 0.15) is 5.56 Å². The summed E-state index contributed by atoms with van der Waals surface area (Å²) in [6.45, 7) is 0.0220. The highest BCUT2D eigenvalue weighted by atomic mass is 35.5. The van der Waals surface area contributed by atoms with E-state index in [1.165, 1.54) is 0 Å². The largest absolute Gasteiger partial charge is 0.345 e. The Hall–Kier alpha value is -1.39. The van der Waals surface area contributed by atoms with E-state index in [-0.39, 0.29) is 6.54 Å². The number of ketones is 1. The van der Waals surface area contributed by atoms with E-state index in [0.717, 1.165) is 5.56 Å². The zero-order chi connectivity index (χ0) is 11.3. The van der Waals surface area contributed by atoms with Crippen LogP contribution in [0.15, 0.2) is 24.3 Å².